The second kappa shape index (κ2) is 3.51. The predicted octanol–water partition coefficient (Wildman–Crippen LogP) is 2.16. The molecule has 3 atom stereocenters. The van der Waals surface area contributed by atoms with Crippen molar-refractivity contribution in [1.82, 2.24) is 14.8 Å². The predicted molar refractivity (Wildman–Crippen MR) is 67.1 cm³/mol. The molecule has 1 aromatic rings. The molecule has 0 aromatic carbocycles. The van der Waals surface area contributed by atoms with E-state index in [-0.39, 0.29) is 0 Å². The molecule has 0 bridgehead atoms. The van der Waals surface area contributed by atoms with Gasteiger partial charge in [-0.15, -0.1) is 5.10 Å². The SMILES string of the molecule is CC(C)n1nc(I)nc1[C@H]1[C@@H]2CC(=O)C[C@@H]21. The van der Waals surface area contributed by atoms with Crippen LogP contribution in [0.15, 0.2) is 0 Å². The fourth-order valence-electron chi connectivity index (χ4n) is 2.91. The van der Waals surface area contributed by atoms with E-state index in [9.17, 15) is 4.79 Å². The standard InChI is InChI=1S/C11H14IN3O/c1-5(2)15-10(13-11(12)14-15)9-7-3-6(16)4-8(7)9/h5,7-9H,3-4H2,1-2H3/t7-,8+,9+. The molecule has 0 radical (unpaired) electrons. The van der Waals surface area contributed by atoms with Crippen molar-refractivity contribution in [1.29, 1.82) is 0 Å². The minimum atomic E-state index is 0.350. The smallest absolute Gasteiger partial charge is 0.211 e. The lowest BCUT2D eigenvalue weighted by Crippen LogP contribution is -2.10. The van der Waals surface area contributed by atoms with Gasteiger partial charge in [-0.1, -0.05) is 0 Å². The minimum absolute atomic E-state index is 0.350. The molecule has 2 saturated carbocycles. The molecule has 0 amide bonds. The summed E-state index contributed by atoms with van der Waals surface area (Å²) in [6.45, 7) is 4.25. The van der Waals surface area contributed by atoms with Gasteiger partial charge in [0.1, 0.15) is 11.6 Å². The third-order valence-corrected chi connectivity index (χ3v) is 4.13. The van der Waals surface area contributed by atoms with Crippen molar-refractivity contribution >= 4 is 28.4 Å². The van der Waals surface area contributed by atoms with Crippen LogP contribution in [0.3, 0.4) is 0 Å². The molecule has 2 aliphatic carbocycles. The van der Waals surface area contributed by atoms with Crippen LogP contribution in [0.25, 0.3) is 0 Å². The Kier molecular flexibility index (Phi) is 2.35. The minimum Gasteiger partial charge on any atom is -0.300 e. The van der Waals surface area contributed by atoms with Crippen molar-refractivity contribution in [2.75, 3.05) is 0 Å². The van der Waals surface area contributed by atoms with E-state index in [0.29, 0.717) is 29.6 Å². The molecule has 86 valence electrons. The summed E-state index contributed by atoms with van der Waals surface area (Å²) in [5, 5.41) is 4.42. The van der Waals surface area contributed by atoms with Crippen LogP contribution in [-0.4, -0.2) is 20.5 Å². The summed E-state index contributed by atoms with van der Waals surface area (Å²) < 4.78 is 2.84. The van der Waals surface area contributed by atoms with Gasteiger partial charge in [0, 0.05) is 47.4 Å². The molecule has 0 aliphatic heterocycles. The van der Waals surface area contributed by atoms with Gasteiger partial charge in [-0.3, -0.25) is 4.79 Å². The van der Waals surface area contributed by atoms with Crippen molar-refractivity contribution in [2.45, 2.75) is 38.6 Å². The summed E-state index contributed by atoms with van der Waals surface area (Å²) in [4.78, 5) is 15.8. The van der Waals surface area contributed by atoms with Crippen LogP contribution in [0.1, 0.15) is 44.5 Å². The average Bonchev–Trinajstić information content (AvgIpc) is 2.60. The third kappa shape index (κ3) is 1.51. The fraction of sp³-hybridized carbons (Fsp3) is 0.727. The largest absolute Gasteiger partial charge is 0.300 e. The van der Waals surface area contributed by atoms with E-state index in [2.05, 4.69) is 46.5 Å². The second-order valence-corrected chi connectivity index (χ2v) is 6.04. The van der Waals surface area contributed by atoms with Gasteiger partial charge in [-0.05, 0) is 25.7 Å². The molecule has 3 rings (SSSR count). The number of carbonyl (C=O) groups excluding carboxylic acids is 1. The Balaban J connectivity index is 1.89. The number of hydrogen-bond acceptors (Lipinski definition) is 3. The lowest BCUT2D eigenvalue weighted by molar-refractivity contribution is -0.118. The van der Waals surface area contributed by atoms with E-state index in [1.54, 1.807) is 0 Å². The normalized spacial score (nSPS) is 32.2. The first-order chi connectivity index (χ1) is 7.58. The van der Waals surface area contributed by atoms with Gasteiger partial charge >= 0.3 is 0 Å². The van der Waals surface area contributed by atoms with Crippen LogP contribution in [0, 0.1) is 15.7 Å². The first-order valence-corrected chi connectivity index (χ1v) is 6.79. The highest BCUT2D eigenvalue weighted by Gasteiger charge is 2.58. The Morgan fingerprint density at radius 2 is 2.00 bits per heavy atom. The number of Topliss-reactive ketones (excluding diaryl/α,β-unsaturated/α-hetero) is 1. The summed E-state index contributed by atoms with van der Waals surface area (Å²) in [5.74, 6) is 3.14. The Labute approximate surface area is 108 Å². The van der Waals surface area contributed by atoms with Crippen LogP contribution in [0.2, 0.25) is 0 Å². The highest BCUT2D eigenvalue weighted by molar-refractivity contribution is 14.1. The zero-order valence-corrected chi connectivity index (χ0v) is 11.5. The maximum Gasteiger partial charge on any atom is 0.211 e. The Bertz CT molecular complexity index is 440. The third-order valence-electron chi connectivity index (χ3n) is 3.68. The van der Waals surface area contributed by atoms with Gasteiger partial charge in [0.25, 0.3) is 0 Å². The molecule has 16 heavy (non-hydrogen) atoms. The molecular formula is C11H14IN3O. The maximum absolute atomic E-state index is 11.2. The fourth-order valence-corrected chi connectivity index (χ4v) is 3.39. The van der Waals surface area contributed by atoms with Gasteiger partial charge in [-0.25, -0.2) is 9.67 Å². The second-order valence-electron chi connectivity index (χ2n) is 5.08. The van der Waals surface area contributed by atoms with E-state index in [1.807, 2.05) is 4.68 Å². The van der Waals surface area contributed by atoms with Crippen LogP contribution >= 0.6 is 22.6 Å². The van der Waals surface area contributed by atoms with E-state index >= 15 is 0 Å². The quantitative estimate of drug-likeness (QED) is 0.781. The van der Waals surface area contributed by atoms with Gasteiger partial charge in [0.05, 0.1) is 0 Å². The first-order valence-electron chi connectivity index (χ1n) is 5.71. The van der Waals surface area contributed by atoms with Crippen LogP contribution in [-0.2, 0) is 4.79 Å². The summed E-state index contributed by atoms with van der Waals surface area (Å²) in [6.07, 6.45) is 1.52. The van der Waals surface area contributed by atoms with Crippen LogP contribution in [0.5, 0.6) is 0 Å². The molecule has 0 spiro atoms. The lowest BCUT2D eigenvalue weighted by Gasteiger charge is -2.09. The van der Waals surface area contributed by atoms with Gasteiger partial charge in [0.15, 0.2) is 0 Å². The molecule has 0 unspecified atom stereocenters. The van der Waals surface area contributed by atoms with Crippen molar-refractivity contribution in [3.8, 4) is 0 Å². The molecule has 1 heterocycles. The molecule has 1 aromatic heterocycles. The first kappa shape index (κ1) is 10.7. The van der Waals surface area contributed by atoms with Gasteiger partial charge in [-0.2, -0.15) is 0 Å². The molecular weight excluding hydrogens is 317 g/mol. The van der Waals surface area contributed by atoms with Crippen LogP contribution in [0.4, 0.5) is 0 Å². The Hall–Kier alpha value is -0.460. The number of nitrogens with zero attached hydrogens (tertiary/aromatic N) is 3. The molecule has 0 saturated heterocycles. The van der Waals surface area contributed by atoms with E-state index < -0.39 is 0 Å². The highest BCUT2D eigenvalue weighted by Crippen LogP contribution is 2.61. The number of fused-ring (bicyclic) bond motifs is 1. The summed E-state index contributed by atoms with van der Waals surface area (Å²) in [6, 6.07) is 0.350. The zero-order valence-electron chi connectivity index (χ0n) is 9.35. The maximum atomic E-state index is 11.2. The number of carbonyl (C=O) groups is 1. The summed E-state index contributed by atoms with van der Waals surface area (Å²) in [7, 11) is 0. The lowest BCUT2D eigenvalue weighted by atomic mass is 10.1. The van der Waals surface area contributed by atoms with E-state index in [0.717, 1.165) is 22.5 Å². The molecule has 4 nitrogen and oxygen atoms in total. The van der Waals surface area contributed by atoms with E-state index in [1.165, 1.54) is 0 Å². The zero-order chi connectivity index (χ0) is 11.4. The van der Waals surface area contributed by atoms with Crippen LogP contribution < -0.4 is 0 Å². The molecule has 2 fully saturated rings. The summed E-state index contributed by atoms with van der Waals surface area (Å²) in [5.41, 5.74) is 0. The highest BCUT2D eigenvalue weighted by atomic mass is 127. The number of hydrogen-bond donors (Lipinski definition) is 0. The Morgan fingerprint density at radius 1 is 1.38 bits per heavy atom. The number of halogens is 1. The van der Waals surface area contributed by atoms with Crippen molar-refractivity contribution < 1.29 is 4.79 Å². The van der Waals surface area contributed by atoms with E-state index in [4.69, 9.17) is 0 Å². The average molecular weight is 331 g/mol. The number of ketones is 1. The van der Waals surface area contributed by atoms with Gasteiger partial charge in [0.2, 0.25) is 3.83 Å². The van der Waals surface area contributed by atoms with Crippen molar-refractivity contribution in [3.05, 3.63) is 9.66 Å². The molecule has 5 heteroatoms. The monoisotopic (exact) mass is 331 g/mol. The topological polar surface area (TPSA) is 47.8 Å². The van der Waals surface area contributed by atoms with Crippen molar-refractivity contribution in [3.63, 3.8) is 0 Å². The Morgan fingerprint density at radius 3 is 2.56 bits per heavy atom. The summed E-state index contributed by atoms with van der Waals surface area (Å²) >= 11 is 2.16. The number of aromatic nitrogens is 3. The molecule has 2 aliphatic rings. The van der Waals surface area contributed by atoms with Crippen molar-refractivity contribution in [2.24, 2.45) is 11.8 Å². The number of rotatable bonds is 2. The van der Waals surface area contributed by atoms with Gasteiger partial charge < -0.3 is 0 Å². The molecule has 0 N–H and O–H groups in total.